The highest BCUT2D eigenvalue weighted by Gasteiger charge is 2.06. The van der Waals surface area contributed by atoms with Crippen LogP contribution in [-0.4, -0.2) is 15.1 Å². The Kier molecular flexibility index (Phi) is 5.10. The molecule has 0 amide bonds. The average molecular weight is 146 g/mol. The van der Waals surface area contributed by atoms with E-state index in [9.17, 15) is 0 Å². The predicted molar refractivity (Wildman–Crippen MR) is 44.3 cm³/mol. The molecule has 0 aromatic carbocycles. The summed E-state index contributed by atoms with van der Waals surface area (Å²) in [6, 6.07) is 2.54. The topological polar surface area (TPSA) is 9.23 Å². The first-order chi connectivity index (χ1) is 4.20. The van der Waals surface area contributed by atoms with Crippen LogP contribution in [0.1, 0.15) is 27.7 Å². The molecule has 1 nitrogen and oxygen atoms in total. The SMILES string of the molecule is CC[SiH](CC)OC(C)C. The van der Waals surface area contributed by atoms with Gasteiger partial charge in [-0.25, -0.2) is 0 Å². The smallest absolute Gasteiger partial charge is 0.176 e. The summed E-state index contributed by atoms with van der Waals surface area (Å²) in [5, 5.41) is 0. The van der Waals surface area contributed by atoms with Crippen LogP contribution in [0.25, 0.3) is 0 Å². The van der Waals surface area contributed by atoms with Crippen LogP contribution in [0.5, 0.6) is 0 Å². The Hall–Kier alpha value is 0.177. The summed E-state index contributed by atoms with van der Waals surface area (Å²) in [5.41, 5.74) is 0. The lowest BCUT2D eigenvalue weighted by Gasteiger charge is -2.14. The number of rotatable bonds is 4. The van der Waals surface area contributed by atoms with Gasteiger partial charge in [0.2, 0.25) is 0 Å². The highest BCUT2D eigenvalue weighted by molar-refractivity contribution is 6.51. The predicted octanol–water partition coefficient (Wildman–Crippen LogP) is 2.17. The van der Waals surface area contributed by atoms with Crippen molar-refractivity contribution in [3.8, 4) is 0 Å². The maximum Gasteiger partial charge on any atom is 0.176 e. The summed E-state index contributed by atoms with van der Waals surface area (Å²) < 4.78 is 5.69. The largest absolute Gasteiger partial charge is 0.418 e. The van der Waals surface area contributed by atoms with E-state index in [-0.39, 0.29) is 0 Å². The van der Waals surface area contributed by atoms with E-state index in [1.807, 2.05) is 0 Å². The van der Waals surface area contributed by atoms with Crippen LogP contribution < -0.4 is 0 Å². The molecule has 0 aliphatic carbocycles. The second-order valence-corrected chi connectivity index (χ2v) is 5.77. The van der Waals surface area contributed by atoms with E-state index in [4.69, 9.17) is 4.43 Å². The van der Waals surface area contributed by atoms with E-state index in [1.54, 1.807) is 0 Å². The number of hydrogen-bond acceptors (Lipinski definition) is 1. The van der Waals surface area contributed by atoms with Crippen LogP contribution in [0.3, 0.4) is 0 Å². The summed E-state index contributed by atoms with van der Waals surface area (Å²) in [4.78, 5) is 0. The van der Waals surface area contributed by atoms with Crippen LogP contribution in [0, 0.1) is 0 Å². The van der Waals surface area contributed by atoms with Crippen molar-refractivity contribution in [2.45, 2.75) is 45.9 Å². The van der Waals surface area contributed by atoms with Gasteiger partial charge in [-0.1, -0.05) is 13.8 Å². The van der Waals surface area contributed by atoms with Gasteiger partial charge in [0.15, 0.2) is 9.04 Å². The van der Waals surface area contributed by atoms with Gasteiger partial charge in [0.05, 0.1) is 0 Å². The van der Waals surface area contributed by atoms with Gasteiger partial charge in [0.1, 0.15) is 0 Å². The van der Waals surface area contributed by atoms with E-state index in [1.165, 1.54) is 12.1 Å². The lowest BCUT2D eigenvalue weighted by Crippen LogP contribution is -2.19. The molecule has 0 saturated carbocycles. The van der Waals surface area contributed by atoms with Crippen molar-refractivity contribution in [2.75, 3.05) is 0 Å². The van der Waals surface area contributed by atoms with Crippen LogP contribution >= 0.6 is 0 Å². The first-order valence-electron chi connectivity index (χ1n) is 3.86. The molecule has 0 N–H and O–H groups in total. The van der Waals surface area contributed by atoms with Crippen molar-refractivity contribution in [1.29, 1.82) is 0 Å². The molecule has 0 radical (unpaired) electrons. The molecule has 0 aliphatic rings. The van der Waals surface area contributed by atoms with Crippen molar-refractivity contribution >= 4 is 9.04 Å². The first kappa shape index (κ1) is 9.18. The van der Waals surface area contributed by atoms with Crippen molar-refractivity contribution in [1.82, 2.24) is 0 Å². The van der Waals surface area contributed by atoms with E-state index >= 15 is 0 Å². The van der Waals surface area contributed by atoms with E-state index in [0.717, 1.165) is 0 Å². The van der Waals surface area contributed by atoms with Gasteiger partial charge in [-0.2, -0.15) is 0 Å². The molecule has 0 saturated heterocycles. The number of hydrogen-bond donors (Lipinski definition) is 0. The zero-order chi connectivity index (χ0) is 7.28. The lowest BCUT2D eigenvalue weighted by atomic mass is 10.5. The fourth-order valence-electron chi connectivity index (χ4n) is 0.866. The van der Waals surface area contributed by atoms with Crippen LogP contribution in [0.4, 0.5) is 0 Å². The minimum atomic E-state index is -0.750. The summed E-state index contributed by atoms with van der Waals surface area (Å²) in [6.45, 7) is 8.68. The molecule has 0 spiro atoms. The van der Waals surface area contributed by atoms with Crippen molar-refractivity contribution < 1.29 is 4.43 Å². The van der Waals surface area contributed by atoms with Gasteiger partial charge in [0.25, 0.3) is 0 Å². The molecule has 0 atom stereocenters. The third-order valence-corrected chi connectivity index (χ3v) is 4.13. The maximum absolute atomic E-state index is 5.69. The van der Waals surface area contributed by atoms with Gasteiger partial charge in [-0.15, -0.1) is 0 Å². The molecular formula is C7H18OSi. The highest BCUT2D eigenvalue weighted by Crippen LogP contribution is 2.02. The zero-order valence-corrected chi connectivity index (χ0v) is 8.13. The molecule has 0 unspecified atom stereocenters. The Labute approximate surface area is 60.1 Å². The summed E-state index contributed by atoms with van der Waals surface area (Å²) in [6.07, 6.45) is 0.446. The maximum atomic E-state index is 5.69. The molecule has 0 bridgehead atoms. The first-order valence-corrected chi connectivity index (χ1v) is 5.96. The molecule has 0 fully saturated rings. The van der Waals surface area contributed by atoms with Gasteiger partial charge >= 0.3 is 0 Å². The monoisotopic (exact) mass is 146 g/mol. The van der Waals surface area contributed by atoms with Crippen LogP contribution in [0.2, 0.25) is 12.1 Å². The lowest BCUT2D eigenvalue weighted by molar-refractivity contribution is 0.242. The van der Waals surface area contributed by atoms with Gasteiger partial charge < -0.3 is 4.43 Å². The van der Waals surface area contributed by atoms with Crippen LogP contribution in [0.15, 0.2) is 0 Å². The summed E-state index contributed by atoms with van der Waals surface area (Å²) in [5.74, 6) is 0. The highest BCUT2D eigenvalue weighted by atomic mass is 28.3. The minimum absolute atomic E-state index is 0.446. The second-order valence-electron chi connectivity index (χ2n) is 2.62. The zero-order valence-electron chi connectivity index (χ0n) is 6.98. The Balaban J connectivity index is 3.31. The molecule has 0 aromatic rings. The van der Waals surface area contributed by atoms with Crippen molar-refractivity contribution in [3.05, 3.63) is 0 Å². The molecule has 0 aliphatic heterocycles. The molecule has 0 rings (SSSR count). The Morgan fingerprint density at radius 3 is 1.78 bits per heavy atom. The quantitative estimate of drug-likeness (QED) is 0.552. The van der Waals surface area contributed by atoms with Gasteiger partial charge in [-0.3, -0.25) is 0 Å². The molecule has 9 heavy (non-hydrogen) atoms. The Morgan fingerprint density at radius 2 is 1.67 bits per heavy atom. The van der Waals surface area contributed by atoms with E-state index in [0.29, 0.717) is 6.10 Å². The third kappa shape index (κ3) is 4.67. The third-order valence-electron chi connectivity index (χ3n) is 1.38. The standard InChI is InChI=1S/C7H18OSi/c1-5-9(6-2)8-7(3)4/h7,9H,5-6H2,1-4H3. The minimum Gasteiger partial charge on any atom is -0.418 e. The summed E-state index contributed by atoms with van der Waals surface area (Å²) >= 11 is 0. The molecule has 2 heteroatoms. The normalized spacial score (nSPS) is 11.3. The molecule has 0 aromatic heterocycles. The summed E-state index contributed by atoms with van der Waals surface area (Å²) in [7, 11) is -0.750. The van der Waals surface area contributed by atoms with E-state index < -0.39 is 9.04 Å². The fraction of sp³-hybridized carbons (Fsp3) is 1.00. The van der Waals surface area contributed by atoms with E-state index in [2.05, 4.69) is 27.7 Å². The fourth-order valence-corrected chi connectivity index (χ4v) is 2.60. The van der Waals surface area contributed by atoms with Crippen molar-refractivity contribution in [2.24, 2.45) is 0 Å². The molecule has 0 heterocycles. The van der Waals surface area contributed by atoms with Gasteiger partial charge in [-0.05, 0) is 25.9 Å². The molecular weight excluding hydrogens is 128 g/mol. The molecule has 56 valence electrons. The average Bonchev–Trinajstić information content (AvgIpc) is 1.82. The second kappa shape index (κ2) is 5.00. The van der Waals surface area contributed by atoms with Crippen LogP contribution in [-0.2, 0) is 4.43 Å². The Morgan fingerprint density at radius 1 is 1.22 bits per heavy atom. The van der Waals surface area contributed by atoms with Gasteiger partial charge in [0, 0.05) is 6.10 Å². The Bertz CT molecular complexity index is 59.9. The van der Waals surface area contributed by atoms with Crippen molar-refractivity contribution in [3.63, 3.8) is 0 Å².